The summed E-state index contributed by atoms with van der Waals surface area (Å²) in [5.74, 6) is 1.74. The van der Waals surface area contributed by atoms with E-state index in [1.54, 1.807) is 44.7 Å². The van der Waals surface area contributed by atoms with Crippen molar-refractivity contribution >= 4 is 17.5 Å². The van der Waals surface area contributed by atoms with Crippen molar-refractivity contribution in [2.45, 2.75) is 32.2 Å². The highest BCUT2D eigenvalue weighted by Gasteiger charge is 2.30. The number of ether oxygens (including phenoxy) is 2. The lowest BCUT2D eigenvalue weighted by atomic mass is 9.81. The molecule has 3 rings (SSSR count). The minimum atomic E-state index is -0.120. The van der Waals surface area contributed by atoms with Gasteiger partial charge < -0.3 is 24.5 Å². The Bertz CT molecular complexity index is 795. The summed E-state index contributed by atoms with van der Waals surface area (Å²) in [4.78, 5) is 25.0. The number of hydrogen-bond donors (Lipinski definition) is 2. The van der Waals surface area contributed by atoms with E-state index in [2.05, 4.69) is 10.6 Å². The molecule has 1 aromatic carbocycles. The third-order valence-electron chi connectivity index (χ3n) is 5.15. The van der Waals surface area contributed by atoms with Crippen LogP contribution in [0.5, 0.6) is 11.5 Å². The molecule has 0 radical (unpaired) electrons. The smallest absolute Gasteiger partial charge is 0.227 e. The number of nitrogens with one attached hydrogen (secondary N) is 2. The molecule has 1 aromatic heterocycles. The molecular formula is C21H26N2O5. The fourth-order valence-corrected chi connectivity index (χ4v) is 3.50. The number of methoxy groups -OCH3 is 2. The van der Waals surface area contributed by atoms with Gasteiger partial charge in [0.1, 0.15) is 17.3 Å². The molecule has 7 nitrogen and oxygen atoms in total. The first-order valence-electron chi connectivity index (χ1n) is 9.43. The lowest BCUT2D eigenvalue weighted by Gasteiger charge is -2.27. The van der Waals surface area contributed by atoms with Crippen molar-refractivity contribution in [3.05, 3.63) is 42.4 Å². The van der Waals surface area contributed by atoms with Gasteiger partial charge >= 0.3 is 0 Å². The molecule has 150 valence electrons. The Labute approximate surface area is 164 Å². The molecule has 1 saturated carbocycles. The fraction of sp³-hybridized carbons (Fsp3) is 0.429. The Morgan fingerprint density at radius 2 is 1.75 bits per heavy atom. The Kier molecular flexibility index (Phi) is 6.57. The van der Waals surface area contributed by atoms with Crippen molar-refractivity contribution in [3.63, 3.8) is 0 Å². The second-order valence-corrected chi connectivity index (χ2v) is 6.90. The second kappa shape index (κ2) is 9.30. The van der Waals surface area contributed by atoms with Crippen molar-refractivity contribution in [2.24, 2.45) is 11.8 Å². The predicted molar refractivity (Wildman–Crippen MR) is 104 cm³/mol. The summed E-state index contributed by atoms with van der Waals surface area (Å²) in [7, 11) is 3.13. The summed E-state index contributed by atoms with van der Waals surface area (Å²) < 4.78 is 15.7. The molecule has 2 aromatic rings. The lowest BCUT2D eigenvalue weighted by molar-refractivity contribution is -0.128. The third-order valence-corrected chi connectivity index (χ3v) is 5.15. The summed E-state index contributed by atoms with van der Waals surface area (Å²) in [5.41, 5.74) is 0.588. The van der Waals surface area contributed by atoms with Crippen LogP contribution in [0.2, 0.25) is 0 Å². The summed E-state index contributed by atoms with van der Waals surface area (Å²) >= 11 is 0. The first kappa shape index (κ1) is 19.8. The first-order chi connectivity index (χ1) is 13.6. The molecule has 0 unspecified atom stereocenters. The molecule has 1 fully saturated rings. The van der Waals surface area contributed by atoms with Gasteiger partial charge in [-0.3, -0.25) is 9.59 Å². The number of carbonyl (C=O) groups excluding carboxylic acids is 2. The quantitative estimate of drug-likeness (QED) is 0.762. The van der Waals surface area contributed by atoms with Gasteiger partial charge in [-0.25, -0.2) is 0 Å². The van der Waals surface area contributed by atoms with Crippen molar-refractivity contribution < 1.29 is 23.5 Å². The van der Waals surface area contributed by atoms with Crippen molar-refractivity contribution in [3.8, 4) is 11.5 Å². The van der Waals surface area contributed by atoms with Gasteiger partial charge in [-0.15, -0.1) is 0 Å². The maximum absolute atomic E-state index is 12.7. The van der Waals surface area contributed by atoms with Gasteiger partial charge in [0.2, 0.25) is 11.8 Å². The normalized spacial score (nSPS) is 18.9. The van der Waals surface area contributed by atoms with Gasteiger partial charge in [-0.2, -0.15) is 0 Å². The molecule has 28 heavy (non-hydrogen) atoms. The number of benzene rings is 1. The number of hydrogen-bond acceptors (Lipinski definition) is 5. The maximum atomic E-state index is 12.7. The molecule has 0 saturated heterocycles. The number of amides is 2. The van der Waals surface area contributed by atoms with Gasteiger partial charge in [-0.1, -0.05) is 0 Å². The Hall–Kier alpha value is -2.96. The third kappa shape index (κ3) is 4.85. The van der Waals surface area contributed by atoms with Crippen LogP contribution in [0.3, 0.4) is 0 Å². The average molecular weight is 386 g/mol. The fourth-order valence-electron chi connectivity index (χ4n) is 3.50. The molecule has 0 atom stereocenters. The highest BCUT2D eigenvalue weighted by molar-refractivity contribution is 5.94. The lowest BCUT2D eigenvalue weighted by Crippen LogP contribution is -2.35. The van der Waals surface area contributed by atoms with Gasteiger partial charge in [0.05, 0.1) is 32.7 Å². The van der Waals surface area contributed by atoms with Crippen LogP contribution < -0.4 is 20.1 Å². The van der Waals surface area contributed by atoms with Crippen LogP contribution in [-0.4, -0.2) is 26.0 Å². The first-order valence-corrected chi connectivity index (χ1v) is 9.43. The van der Waals surface area contributed by atoms with Crippen molar-refractivity contribution in [2.75, 3.05) is 19.5 Å². The van der Waals surface area contributed by atoms with Crippen LogP contribution in [0.4, 0.5) is 5.69 Å². The zero-order valence-electron chi connectivity index (χ0n) is 16.2. The molecule has 2 N–H and O–H groups in total. The molecule has 2 amide bonds. The monoisotopic (exact) mass is 386 g/mol. The molecule has 1 aliphatic rings. The molecular weight excluding hydrogens is 360 g/mol. The van der Waals surface area contributed by atoms with E-state index in [0.29, 0.717) is 49.4 Å². The summed E-state index contributed by atoms with van der Waals surface area (Å²) in [5, 5.41) is 5.84. The van der Waals surface area contributed by atoms with Crippen LogP contribution >= 0.6 is 0 Å². The standard InChI is InChI=1S/C21H26N2O5/c1-26-16-9-10-19(27-2)18(12-16)23-21(25)15-7-5-14(6-8-15)20(24)22-13-17-4-3-11-28-17/h3-4,9-12,14-15H,5-8,13H2,1-2H3,(H,22,24)(H,23,25). The van der Waals surface area contributed by atoms with Crippen LogP contribution in [0.1, 0.15) is 31.4 Å². The van der Waals surface area contributed by atoms with Crippen LogP contribution in [0, 0.1) is 11.8 Å². The van der Waals surface area contributed by atoms with Gasteiger partial charge in [-0.05, 0) is 49.9 Å². The predicted octanol–water partition coefficient (Wildman–Crippen LogP) is 3.36. The zero-order valence-corrected chi connectivity index (χ0v) is 16.2. The van der Waals surface area contributed by atoms with Crippen LogP contribution in [0.15, 0.2) is 41.0 Å². The van der Waals surface area contributed by atoms with E-state index in [4.69, 9.17) is 13.9 Å². The Balaban J connectivity index is 1.50. The van der Waals surface area contributed by atoms with Crippen LogP contribution in [-0.2, 0) is 16.1 Å². The second-order valence-electron chi connectivity index (χ2n) is 6.90. The number of furan rings is 1. The van der Waals surface area contributed by atoms with Crippen molar-refractivity contribution in [1.29, 1.82) is 0 Å². The molecule has 1 aliphatic carbocycles. The minimum absolute atomic E-state index is 0.0183. The van der Waals surface area contributed by atoms with E-state index in [1.807, 2.05) is 6.07 Å². The molecule has 1 heterocycles. The molecule has 0 bridgehead atoms. The topological polar surface area (TPSA) is 89.8 Å². The van der Waals surface area contributed by atoms with Crippen LogP contribution in [0.25, 0.3) is 0 Å². The number of anilines is 1. The van der Waals surface area contributed by atoms with E-state index in [-0.39, 0.29) is 23.7 Å². The van der Waals surface area contributed by atoms with E-state index in [1.165, 1.54) is 0 Å². The highest BCUT2D eigenvalue weighted by Crippen LogP contribution is 2.33. The van der Waals surface area contributed by atoms with Gasteiger partial charge in [0.15, 0.2) is 0 Å². The van der Waals surface area contributed by atoms with Gasteiger partial charge in [0, 0.05) is 17.9 Å². The maximum Gasteiger partial charge on any atom is 0.227 e. The molecule has 0 spiro atoms. The number of carbonyl (C=O) groups is 2. The van der Waals surface area contributed by atoms with E-state index >= 15 is 0 Å². The minimum Gasteiger partial charge on any atom is -0.497 e. The molecule has 7 heteroatoms. The molecule has 0 aliphatic heterocycles. The zero-order chi connectivity index (χ0) is 19.9. The van der Waals surface area contributed by atoms with Gasteiger partial charge in [0.25, 0.3) is 0 Å². The highest BCUT2D eigenvalue weighted by atomic mass is 16.5. The Morgan fingerprint density at radius 3 is 2.36 bits per heavy atom. The average Bonchev–Trinajstić information content (AvgIpc) is 3.25. The largest absolute Gasteiger partial charge is 0.497 e. The van der Waals surface area contributed by atoms with E-state index in [0.717, 1.165) is 5.76 Å². The summed E-state index contributed by atoms with van der Waals surface area (Å²) in [6.07, 6.45) is 4.32. The van der Waals surface area contributed by atoms with E-state index < -0.39 is 0 Å². The summed E-state index contributed by atoms with van der Waals surface area (Å²) in [6.45, 7) is 0.391. The van der Waals surface area contributed by atoms with E-state index in [9.17, 15) is 9.59 Å². The number of rotatable bonds is 7. The Morgan fingerprint density at radius 1 is 1.04 bits per heavy atom. The summed E-state index contributed by atoms with van der Waals surface area (Å²) in [6, 6.07) is 8.90. The SMILES string of the molecule is COc1ccc(OC)c(NC(=O)C2CCC(C(=O)NCc3ccco3)CC2)c1. The van der Waals surface area contributed by atoms with Crippen molar-refractivity contribution in [1.82, 2.24) is 5.32 Å².